The Labute approximate surface area is 141 Å². The van der Waals surface area contributed by atoms with E-state index < -0.39 is 5.91 Å². The number of rotatable bonds is 4. The maximum Gasteiger partial charge on any atom is 0.267 e. The number of nitrogens with one attached hydrogen (secondary N) is 2. The van der Waals surface area contributed by atoms with E-state index in [1.807, 2.05) is 30.3 Å². The summed E-state index contributed by atoms with van der Waals surface area (Å²) in [6.07, 6.45) is 1.36. The summed E-state index contributed by atoms with van der Waals surface area (Å²) >= 11 is 9.18. The van der Waals surface area contributed by atoms with Gasteiger partial charge in [-0.3, -0.25) is 4.79 Å². The van der Waals surface area contributed by atoms with Crippen LogP contribution in [0.1, 0.15) is 0 Å². The largest absolute Gasteiger partial charge is 0.360 e. The summed E-state index contributed by atoms with van der Waals surface area (Å²) in [5.74, 6) is -0.505. The van der Waals surface area contributed by atoms with Crippen LogP contribution in [0.25, 0.3) is 0 Å². The Hall–Kier alpha value is -2.29. The summed E-state index contributed by atoms with van der Waals surface area (Å²) in [5, 5.41) is 15.1. The van der Waals surface area contributed by atoms with Gasteiger partial charge in [-0.1, -0.05) is 33.6 Å². The van der Waals surface area contributed by atoms with E-state index >= 15 is 0 Å². The average molecular weight is 377 g/mol. The van der Waals surface area contributed by atoms with Crippen molar-refractivity contribution in [2.75, 3.05) is 10.6 Å². The van der Waals surface area contributed by atoms with E-state index in [0.717, 1.165) is 10.2 Å². The minimum Gasteiger partial charge on any atom is -0.360 e. The maximum atomic E-state index is 12.0. The molecular weight excluding hydrogens is 366 g/mol. The fourth-order valence-electron chi connectivity index (χ4n) is 1.61. The molecule has 0 spiro atoms. The molecule has 0 aliphatic rings. The Bertz CT molecular complexity index is 751. The normalized spacial score (nSPS) is 10.7. The van der Waals surface area contributed by atoms with Gasteiger partial charge in [-0.05, 0) is 42.5 Å². The first-order valence-corrected chi connectivity index (χ1v) is 7.45. The Kier molecular flexibility index (Phi) is 5.59. The molecule has 2 aromatic carbocycles. The van der Waals surface area contributed by atoms with Gasteiger partial charge in [-0.2, -0.15) is 5.26 Å². The number of halogens is 2. The van der Waals surface area contributed by atoms with Crippen LogP contribution in [0.15, 0.2) is 64.8 Å². The van der Waals surface area contributed by atoms with Crippen LogP contribution in [0.3, 0.4) is 0 Å². The van der Waals surface area contributed by atoms with Crippen molar-refractivity contribution in [1.82, 2.24) is 0 Å². The van der Waals surface area contributed by atoms with Gasteiger partial charge >= 0.3 is 0 Å². The lowest BCUT2D eigenvalue weighted by molar-refractivity contribution is -0.112. The van der Waals surface area contributed by atoms with Gasteiger partial charge in [0.2, 0.25) is 0 Å². The molecule has 2 rings (SSSR count). The fourth-order valence-corrected chi connectivity index (χ4v) is 2.07. The second-order valence-electron chi connectivity index (χ2n) is 4.29. The Morgan fingerprint density at radius 1 is 1.18 bits per heavy atom. The molecule has 2 N–H and O–H groups in total. The van der Waals surface area contributed by atoms with Crippen molar-refractivity contribution in [3.8, 4) is 6.07 Å². The quantitative estimate of drug-likeness (QED) is 0.607. The van der Waals surface area contributed by atoms with E-state index in [1.54, 1.807) is 24.3 Å². The number of nitriles is 1. The van der Waals surface area contributed by atoms with Crippen molar-refractivity contribution in [3.63, 3.8) is 0 Å². The second kappa shape index (κ2) is 7.64. The molecule has 0 aliphatic heterocycles. The van der Waals surface area contributed by atoms with Crippen LogP contribution >= 0.6 is 27.5 Å². The summed E-state index contributed by atoms with van der Waals surface area (Å²) in [6.45, 7) is 0. The molecule has 0 saturated heterocycles. The topological polar surface area (TPSA) is 64.9 Å². The molecule has 1 amide bonds. The Morgan fingerprint density at radius 3 is 2.55 bits per heavy atom. The molecule has 0 fully saturated rings. The number of hydrogen-bond donors (Lipinski definition) is 2. The van der Waals surface area contributed by atoms with E-state index in [4.69, 9.17) is 16.9 Å². The van der Waals surface area contributed by atoms with Crippen LogP contribution in [0, 0.1) is 11.3 Å². The van der Waals surface area contributed by atoms with Crippen LogP contribution < -0.4 is 10.6 Å². The first-order chi connectivity index (χ1) is 10.6. The Morgan fingerprint density at radius 2 is 1.91 bits per heavy atom. The highest BCUT2D eigenvalue weighted by Gasteiger charge is 2.09. The zero-order valence-electron chi connectivity index (χ0n) is 11.3. The van der Waals surface area contributed by atoms with Gasteiger partial charge in [0.05, 0.1) is 0 Å². The number of anilines is 2. The molecule has 0 saturated carbocycles. The van der Waals surface area contributed by atoms with Crippen molar-refractivity contribution in [2.45, 2.75) is 0 Å². The first kappa shape index (κ1) is 16.1. The van der Waals surface area contributed by atoms with Crippen molar-refractivity contribution in [3.05, 3.63) is 69.8 Å². The van der Waals surface area contributed by atoms with Gasteiger partial charge in [-0.25, -0.2) is 0 Å². The van der Waals surface area contributed by atoms with Gasteiger partial charge in [0, 0.05) is 27.1 Å². The third-order valence-electron chi connectivity index (χ3n) is 2.67. The molecule has 0 aromatic heterocycles. The van der Waals surface area contributed by atoms with Crippen LogP contribution in [0.4, 0.5) is 11.4 Å². The molecule has 110 valence electrons. The predicted molar refractivity (Wildman–Crippen MR) is 91.5 cm³/mol. The van der Waals surface area contributed by atoms with Gasteiger partial charge in [0.15, 0.2) is 0 Å². The summed E-state index contributed by atoms with van der Waals surface area (Å²) in [4.78, 5) is 12.0. The lowest BCUT2D eigenvalue weighted by Crippen LogP contribution is -2.14. The van der Waals surface area contributed by atoms with Gasteiger partial charge in [0.25, 0.3) is 5.91 Å². The lowest BCUT2D eigenvalue weighted by atomic mass is 10.2. The van der Waals surface area contributed by atoms with Gasteiger partial charge < -0.3 is 10.6 Å². The number of nitrogens with zero attached hydrogens (tertiary/aromatic N) is 1. The van der Waals surface area contributed by atoms with E-state index in [-0.39, 0.29) is 5.57 Å². The number of benzene rings is 2. The van der Waals surface area contributed by atoms with Crippen molar-refractivity contribution in [1.29, 1.82) is 5.26 Å². The molecule has 0 radical (unpaired) electrons. The Balaban J connectivity index is 2.07. The standard InChI is InChI=1S/C16H11BrClN3O/c17-12-4-6-14(7-5-12)20-10-11(9-19)16(22)21-15-3-1-2-13(18)8-15/h1-8,10,20H,(H,21,22)/b11-10-. The summed E-state index contributed by atoms with van der Waals surface area (Å²) in [5.41, 5.74) is 1.26. The summed E-state index contributed by atoms with van der Waals surface area (Å²) in [6, 6.07) is 15.9. The number of carbonyl (C=O) groups is 1. The average Bonchev–Trinajstić information content (AvgIpc) is 2.49. The molecule has 0 heterocycles. The lowest BCUT2D eigenvalue weighted by Gasteiger charge is -2.05. The maximum absolute atomic E-state index is 12.0. The van der Waals surface area contributed by atoms with E-state index in [9.17, 15) is 4.79 Å². The second-order valence-corrected chi connectivity index (χ2v) is 5.64. The van der Waals surface area contributed by atoms with Crippen LogP contribution in [-0.2, 0) is 4.79 Å². The summed E-state index contributed by atoms with van der Waals surface area (Å²) < 4.78 is 0.946. The van der Waals surface area contributed by atoms with Gasteiger partial charge in [-0.15, -0.1) is 0 Å². The molecule has 0 unspecified atom stereocenters. The zero-order valence-corrected chi connectivity index (χ0v) is 13.6. The molecule has 2 aromatic rings. The van der Waals surface area contributed by atoms with Gasteiger partial charge in [0.1, 0.15) is 11.6 Å². The predicted octanol–water partition coefficient (Wildman–Crippen LogP) is 4.56. The smallest absolute Gasteiger partial charge is 0.267 e. The van der Waals surface area contributed by atoms with Crippen LogP contribution in [0.5, 0.6) is 0 Å². The van der Waals surface area contributed by atoms with E-state index in [1.165, 1.54) is 6.20 Å². The minimum absolute atomic E-state index is 0.0390. The third-order valence-corrected chi connectivity index (χ3v) is 3.44. The van der Waals surface area contributed by atoms with Crippen molar-refractivity contribution < 1.29 is 4.79 Å². The molecule has 6 heteroatoms. The van der Waals surface area contributed by atoms with Crippen molar-refractivity contribution in [2.24, 2.45) is 0 Å². The number of hydrogen-bond acceptors (Lipinski definition) is 3. The number of carbonyl (C=O) groups excluding carboxylic acids is 1. The van der Waals surface area contributed by atoms with E-state index in [2.05, 4.69) is 26.6 Å². The molecule has 22 heavy (non-hydrogen) atoms. The summed E-state index contributed by atoms with van der Waals surface area (Å²) in [7, 11) is 0. The van der Waals surface area contributed by atoms with E-state index in [0.29, 0.717) is 10.7 Å². The SMILES string of the molecule is N#C/C(=C/Nc1ccc(Br)cc1)C(=O)Nc1cccc(Cl)c1. The molecular formula is C16H11BrClN3O. The molecule has 4 nitrogen and oxygen atoms in total. The molecule has 0 aliphatic carbocycles. The molecule has 0 bridgehead atoms. The highest BCUT2D eigenvalue weighted by atomic mass is 79.9. The highest BCUT2D eigenvalue weighted by Crippen LogP contribution is 2.16. The zero-order chi connectivity index (χ0) is 15.9. The number of amides is 1. The molecule has 0 atom stereocenters. The van der Waals surface area contributed by atoms with Crippen LogP contribution in [-0.4, -0.2) is 5.91 Å². The van der Waals surface area contributed by atoms with Crippen molar-refractivity contribution >= 4 is 44.8 Å². The third kappa shape index (κ3) is 4.62. The van der Waals surface area contributed by atoms with Crippen LogP contribution in [0.2, 0.25) is 5.02 Å². The monoisotopic (exact) mass is 375 g/mol. The fraction of sp³-hybridized carbons (Fsp3) is 0. The first-order valence-electron chi connectivity index (χ1n) is 6.28. The minimum atomic E-state index is -0.505. The highest BCUT2D eigenvalue weighted by molar-refractivity contribution is 9.10.